The molecular formula is C22H31N7O. The van der Waals surface area contributed by atoms with Crippen LogP contribution < -0.4 is 15.8 Å². The first-order valence-corrected chi connectivity index (χ1v) is 10.8. The smallest absolute Gasteiger partial charge is 0.319 e. The number of benzene rings is 1. The number of hydrogen-bond acceptors (Lipinski definition) is 7. The van der Waals surface area contributed by atoms with E-state index in [0.29, 0.717) is 36.4 Å². The quantitative estimate of drug-likeness (QED) is 0.491. The number of ether oxygens (including phenoxy) is 1. The molecule has 0 unspecified atom stereocenters. The van der Waals surface area contributed by atoms with E-state index in [1.165, 1.54) is 11.1 Å². The molecule has 3 heterocycles. The second kappa shape index (κ2) is 9.40. The van der Waals surface area contributed by atoms with Crippen molar-refractivity contribution in [3.63, 3.8) is 0 Å². The maximum absolute atomic E-state index is 6.06. The molecule has 1 saturated heterocycles. The molecule has 0 amide bonds. The molecule has 1 aliphatic rings. The van der Waals surface area contributed by atoms with Gasteiger partial charge in [-0.05, 0) is 24.5 Å². The van der Waals surface area contributed by atoms with Gasteiger partial charge in [0, 0.05) is 38.6 Å². The Hall–Kier alpha value is -2.71. The Morgan fingerprint density at radius 3 is 2.73 bits per heavy atom. The predicted molar refractivity (Wildman–Crippen MR) is 118 cm³/mol. The number of fused-ring (bicyclic) bond motifs is 1. The maximum atomic E-state index is 6.06. The Morgan fingerprint density at radius 2 is 1.97 bits per heavy atom. The molecule has 0 radical (unpaired) electrons. The molecule has 1 atom stereocenters. The summed E-state index contributed by atoms with van der Waals surface area (Å²) in [6.07, 6.45) is 2.71. The molecule has 4 N–H and O–H groups in total. The van der Waals surface area contributed by atoms with Crippen LogP contribution in [0.25, 0.3) is 11.0 Å². The summed E-state index contributed by atoms with van der Waals surface area (Å²) in [6.45, 7) is 9.17. The van der Waals surface area contributed by atoms with Gasteiger partial charge in [-0.2, -0.15) is 15.1 Å². The Bertz CT molecular complexity index is 970. The van der Waals surface area contributed by atoms with Crippen LogP contribution in [0, 0.1) is 0 Å². The van der Waals surface area contributed by atoms with Crippen molar-refractivity contribution in [3.8, 4) is 6.01 Å². The second-order valence-corrected chi connectivity index (χ2v) is 8.08. The number of nitrogens with zero attached hydrogens (tertiary/aromatic N) is 4. The first kappa shape index (κ1) is 20.6. The van der Waals surface area contributed by atoms with Crippen LogP contribution in [0.15, 0.2) is 24.3 Å². The van der Waals surface area contributed by atoms with Gasteiger partial charge in [-0.3, -0.25) is 10.00 Å². The summed E-state index contributed by atoms with van der Waals surface area (Å²) in [7, 11) is 0. The van der Waals surface area contributed by atoms with Gasteiger partial charge in [-0.15, -0.1) is 0 Å². The number of aromatic nitrogens is 4. The van der Waals surface area contributed by atoms with Crippen LogP contribution >= 0.6 is 0 Å². The fourth-order valence-electron chi connectivity index (χ4n) is 3.82. The highest BCUT2D eigenvalue weighted by Crippen LogP contribution is 2.23. The van der Waals surface area contributed by atoms with E-state index in [4.69, 9.17) is 10.5 Å². The first-order valence-electron chi connectivity index (χ1n) is 10.8. The van der Waals surface area contributed by atoms with Gasteiger partial charge in [0.25, 0.3) is 0 Å². The SMILES string of the molecule is CCCCOc1nc(N)c2n[nH]c(Cc3ccc(CN4CCN[C@@H](C)C4)cc3)c2n1. The van der Waals surface area contributed by atoms with Crippen molar-refractivity contribution in [2.45, 2.75) is 45.7 Å². The zero-order valence-electron chi connectivity index (χ0n) is 17.8. The molecule has 3 aromatic rings. The van der Waals surface area contributed by atoms with Crippen molar-refractivity contribution in [1.29, 1.82) is 0 Å². The van der Waals surface area contributed by atoms with Crippen molar-refractivity contribution < 1.29 is 4.74 Å². The van der Waals surface area contributed by atoms with E-state index in [2.05, 4.69) is 68.5 Å². The fourth-order valence-corrected chi connectivity index (χ4v) is 3.82. The number of aromatic amines is 1. The number of hydrogen-bond donors (Lipinski definition) is 3. The van der Waals surface area contributed by atoms with Crippen molar-refractivity contribution in [2.24, 2.45) is 0 Å². The molecule has 0 spiro atoms. The Labute approximate surface area is 177 Å². The predicted octanol–water partition coefficient (Wildman–Crippen LogP) is 2.50. The van der Waals surface area contributed by atoms with E-state index in [9.17, 15) is 0 Å². The third-order valence-electron chi connectivity index (χ3n) is 5.47. The number of piperazine rings is 1. The lowest BCUT2D eigenvalue weighted by atomic mass is 10.1. The summed E-state index contributed by atoms with van der Waals surface area (Å²) in [4.78, 5) is 11.3. The number of H-pyrrole nitrogens is 1. The number of rotatable bonds is 8. The summed E-state index contributed by atoms with van der Waals surface area (Å²) < 4.78 is 5.65. The van der Waals surface area contributed by atoms with Crippen LogP contribution in [0.1, 0.15) is 43.5 Å². The molecule has 0 saturated carbocycles. The third-order valence-corrected chi connectivity index (χ3v) is 5.47. The lowest BCUT2D eigenvalue weighted by Crippen LogP contribution is -2.48. The summed E-state index contributed by atoms with van der Waals surface area (Å²) >= 11 is 0. The van der Waals surface area contributed by atoms with E-state index in [1.807, 2.05) is 0 Å². The Kier molecular flexibility index (Phi) is 6.44. The highest BCUT2D eigenvalue weighted by molar-refractivity contribution is 5.86. The summed E-state index contributed by atoms with van der Waals surface area (Å²) in [5.41, 5.74) is 10.8. The zero-order valence-corrected chi connectivity index (χ0v) is 17.8. The minimum atomic E-state index is 0.316. The van der Waals surface area contributed by atoms with Crippen molar-refractivity contribution >= 4 is 16.9 Å². The van der Waals surface area contributed by atoms with Gasteiger partial charge < -0.3 is 15.8 Å². The molecule has 0 aliphatic carbocycles. The average Bonchev–Trinajstić information content (AvgIpc) is 3.13. The molecule has 8 nitrogen and oxygen atoms in total. The zero-order chi connectivity index (χ0) is 20.9. The van der Waals surface area contributed by atoms with Crippen LogP contribution in [0.2, 0.25) is 0 Å². The molecule has 1 fully saturated rings. The molecule has 8 heteroatoms. The maximum Gasteiger partial charge on any atom is 0.319 e. The molecule has 0 bridgehead atoms. The van der Waals surface area contributed by atoms with Gasteiger partial charge in [0.05, 0.1) is 12.3 Å². The van der Waals surface area contributed by atoms with Crippen molar-refractivity contribution in [1.82, 2.24) is 30.4 Å². The summed E-state index contributed by atoms with van der Waals surface area (Å²) in [6, 6.07) is 9.65. The molecular weight excluding hydrogens is 378 g/mol. The number of nitrogen functional groups attached to an aromatic ring is 1. The van der Waals surface area contributed by atoms with Crippen LogP contribution in [-0.4, -0.2) is 57.3 Å². The number of nitrogens with one attached hydrogen (secondary N) is 2. The Balaban J connectivity index is 1.45. The molecule has 4 rings (SSSR count). The van der Waals surface area contributed by atoms with Crippen LogP contribution in [-0.2, 0) is 13.0 Å². The number of nitrogens with two attached hydrogens (primary N) is 1. The molecule has 30 heavy (non-hydrogen) atoms. The molecule has 160 valence electrons. The summed E-state index contributed by atoms with van der Waals surface area (Å²) in [5, 5.41) is 10.9. The van der Waals surface area contributed by atoms with E-state index in [1.54, 1.807) is 0 Å². The lowest BCUT2D eigenvalue weighted by Gasteiger charge is -2.31. The monoisotopic (exact) mass is 409 g/mol. The van der Waals surface area contributed by atoms with Crippen LogP contribution in [0.5, 0.6) is 6.01 Å². The van der Waals surface area contributed by atoms with Crippen LogP contribution in [0.4, 0.5) is 5.82 Å². The lowest BCUT2D eigenvalue weighted by molar-refractivity contribution is 0.199. The van der Waals surface area contributed by atoms with E-state index in [-0.39, 0.29) is 0 Å². The fraction of sp³-hybridized carbons (Fsp3) is 0.500. The van der Waals surface area contributed by atoms with E-state index < -0.39 is 0 Å². The molecule has 2 aromatic heterocycles. The molecule has 1 aromatic carbocycles. The largest absolute Gasteiger partial charge is 0.463 e. The highest BCUT2D eigenvalue weighted by Gasteiger charge is 2.16. The third kappa shape index (κ3) is 4.88. The van der Waals surface area contributed by atoms with Gasteiger partial charge >= 0.3 is 6.01 Å². The first-order chi connectivity index (χ1) is 14.6. The normalized spacial score (nSPS) is 17.5. The second-order valence-electron chi connectivity index (χ2n) is 8.08. The van der Waals surface area contributed by atoms with Gasteiger partial charge in [-0.25, -0.2) is 0 Å². The van der Waals surface area contributed by atoms with Gasteiger partial charge in [0.15, 0.2) is 11.3 Å². The molecule has 1 aliphatic heterocycles. The van der Waals surface area contributed by atoms with E-state index in [0.717, 1.165) is 50.2 Å². The number of unbranched alkanes of at least 4 members (excludes halogenated alkanes) is 1. The average molecular weight is 410 g/mol. The number of anilines is 1. The minimum absolute atomic E-state index is 0.316. The van der Waals surface area contributed by atoms with Gasteiger partial charge in [0.2, 0.25) is 0 Å². The topological polar surface area (TPSA) is 105 Å². The van der Waals surface area contributed by atoms with Crippen molar-refractivity contribution in [2.75, 3.05) is 32.0 Å². The van der Waals surface area contributed by atoms with Gasteiger partial charge in [-0.1, -0.05) is 37.6 Å². The standard InChI is InChI=1S/C22H31N7O/c1-3-4-11-30-22-25-19-18(27-28-20(19)21(23)26-22)12-16-5-7-17(8-6-16)14-29-10-9-24-15(2)13-29/h5-8,15,24H,3-4,9-14H2,1-2H3,(H,27,28)(H2,23,25,26)/t15-/m0/s1. The van der Waals surface area contributed by atoms with Crippen molar-refractivity contribution in [3.05, 3.63) is 41.1 Å². The van der Waals surface area contributed by atoms with Crippen LogP contribution in [0.3, 0.4) is 0 Å². The van der Waals surface area contributed by atoms with Gasteiger partial charge in [0.1, 0.15) is 5.52 Å². The highest BCUT2D eigenvalue weighted by atomic mass is 16.5. The van der Waals surface area contributed by atoms with E-state index >= 15 is 0 Å². The Morgan fingerprint density at radius 1 is 1.17 bits per heavy atom. The summed E-state index contributed by atoms with van der Waals surface area (Å²) in [5.74, 6) is 0.342. The minimum Gasteiger partial charge on any atom is -0.463 e.